The summed E-state index contributed by atoms with van der Waals surface area (Å²) in [4.78, 5) is 31.4. The number of nitrogens with two attached hydrogens (primary N) is 1. The average molecular weight is 201 g/mol. The van der Waals surface area contributed by atoms with E-state index in [-0.39, 0.29) is 0 Å². The first-order valence-electron chi connectivity index (χ1n) is 4.02. The second kappa shape index (κ2) is 4.72. The van der Waals surface area contributed by atoms with Gasteiger partial charge in [0.1, 0.15) is 12.6 Å². The Morgan fingerprint density at radius 3 is 2.07 bits per heavy atom. The van der Waals surface area contributed by atoms with Crippen LogP contribution in [0.4, 0.5) is 0 Å². The molecular weight excluding hydrogens is 194 g/mol. The lowest BCUT2D eigenvalue weighted by Crippen LogP contribution is -2.06. The molecule has 0 aromatic heterocycles. The summed E-state index contributed by atoms with van der Waals surface area (Å²) in [5, 5.41) is 0. The smallest absolute Gasteiger partial charge is 0.293 e. The minimum atomic E-state index is -0.765. The Morgan fingerprint density at radius 2 is 1.67 bits per heavy atom. The quantitative estimate of drug-likeness (QED) is 0.546. The number of benzene rings is 1. The lowest BCUT2D eigenvalue weighted by atomic mass is 10.1. The summed E-state index contributed by atoms with van der Waals surface area (Å²) < 4.78 is 0. The summed E-state index contributed by atoms with van der Waals surface area (Å²) in [6.07, 6.45) is 1.20. The molecule has 0 spiro atoms. The van der Waals surface area contributed by atoms with Crippen LogP contribution in [-0.4, -0.2) is 18.5 Å². The van der Waals surface area contributed by atoms with Crippen molar-refractivity contribution in [2.75, 3.05) is 0 Å². The Kier molecular flexibility index (Phi) is 3.36. The first kappa shape index (κ1) is 10.7. The minimum absolute atomic E-state index is 0.327. The van der Waals surface area contributed by atoms with Crippen LogP contribution in [-0.2, 0) is 4.79 Å². The highest BCUT2D eigenvalue weighted by atomic mass is 16.1. The molecule has 1 aromatic rings. The number of primary amides is 1. The third-order valence-electron chi connectivity index (χ3n) is 1.58. The Balaban J connectivity index is 3.19. The van der Waals surface area contributed by atoms with Crippen LogP contribution in [0, 0.1) is 11.8 Å². The van der Waals surface area contributed by atoms with Gasteiger partial charge in [0.2, 0.25) is 0 Å². The van der Waals surface area contributed by atoms with Gasteiger partial charge < -0.3 is 5.73 Å². The molecule has 0 unspecified atom stereocenters. The summed E-state index contributed by atoms with van der Waals surface area (Å²) in [6, 6.07) is 4.36. The number of carbonyl (C=O) groups is 3. The van der Waals surface area contributed by atoms with E-state index in [4.69, 9.17) is 5.73 Å². The van der Waals surface area contributed by atoms with Gasteiger partial charge in [0.25, 0.3) is 5.91 Å². The molecule has 0 radical (unpaired) electrons. The highest BCUT2D eigenvalue weighted by molar-refractivity contribution is 5.93. The van der Waals surface area contributed by atoms with Crippen molar-refractivity contribution in [1.82, 2.24) is 0 Å². The number of hydrogen-bond donors (Lipinski definition) is 1. The van der Waals surface area contributed by atoms with Crippen molar-refractivity contribution in [2.24, 2.45) is 5.73 Å². The largest absolute Gasteiger partial charge is 0.359 e. The molecule has 0 saturated carbocycles. The standard InChI is InChI=1S/C11H7NO3/c12-11(15)2-1-8-3-9(6-13)5-10(4-8)7-14/h3-7H,(H2,12,15). The van der Waals surface area contributed by atoms with Crippen LogP contribution in [0.2, 0.25) is 0 Å². The molecule has 74 valence electrons. The summed E-state index contributed by atoms with van der Waals surface area (Å²) in [5.74, 6) is 3.81. The molecule has 0 saturated heterocycles. The molecular formula is C11H7NO3. The monoisotopic (exact) mass is 201 g/mol. The van der Waals surface area contributed by atoms with E-state index < -0.39 is 5.91 Å². The van der Waals surface area contributed by atoms with Crippen molar-refractivity contribution in [2.45, 2.75) is 0 Å². The van der Waals surface area contributed by atoms with Crippen molar-refractivity contribution in [1.29, 1.82) is 0 Å². The van der Waals surface area contributed by atoms with Crippen molar-refractivity contribution in [3.63, 3.8) is 0 Å². The zero-order valence-corrected chi connectivity index (χ0v) is 7.69. The van der Waals surface area contributed by atoms with Crippen LogP contribution in [0.15, 0.2) is 18.2 Å². The molecule has 15 heavy (non-hydrogen) atoms. The van der Waals surface area contributed by atoms with E-state index in [1.807, 2.05) is 0 Å². The second-order valence-corrected chi connectivity index (χ2v) is 2.74. The molecule has 0 aliphatic rings. The van der Waals surface area contributed by atoms with Crippen LogP contribution < -0.4 is 5.73 Å². The molecule has 4 nitrogen and oxygen atoms in total. The van der Waals surface area contributed by atoms with E-state index in [2.05, 4.69) is 11.8 Å². The number of amides is 1. The Labute approximate surface area is 86.1 Å². The predicted octanol–water partition coefficient (Wildman–Crippen LogP) is 0.148. The molecule has 4 heteroatoms. The zero-order valence-electron chi connectivity index (χ0n) is 7.69. The molecule has 0 atom stereocenters. The maximum atomic E-state index is 10.5. The second-order valence-electron chi connectivity index (χ2n) is 2.74. The van der Waals surface area contributed by atoms with Crippen LogP contribution in [0.25, 0.3) is 0 Å². The summed E-state index contributed by atoms with van der Waals surface area (Å²) in [7, 11) is 0. The SMILES string of the molecule is NC(=O)C#Cc1cc(C=O)cc(C=O)c1. The Hall–Kier alpha value is -2.41. The van der Waals surface area contributed by atoms with E-state index in [1.54, 1.807) is 0 Å². The average Bonchev–Trinajstić information content (AvgIpc) is 2.25. The van der Waals surface area contributed by atoms with Gasteiger partial charge in [0.05, 0.1) is 0 Å². The Bertz CT molecular complexity index is 454. The number of aldehydes is 2. The molecule has 0 aliphatic heterocycles. The molecule has 1 aromatic carbocycles. The summed E-state index contributed by atoms with van der Waals surface area (Å²) in [5.41, 5.74) is 5.89. The maximum absolute atomic E-state index is 10.5. The Morgan fingerprint density at radius 1 is 1.13 bits per heavy atom. The van der Waals surface area contributed by atoms with Gasteiger partial charge in [-0.3, -0.25) is 14.4 Å². The van der Waals surface area contributed by atoms with Gasteiger partial charge in [0, 0.05) is 16.7 Å². The van der Waals surface area contributed by atoms with E-state index in [0.717, 1.165) is 0 Å². The summed E-state index contributed by atoms with van der Waals surface area (Å²) >= 11 is 0. The predicted molar refractivity (Wildman–Crippen MR) is 53.3 cm³/mol. The zero-order chi connectivity index (χ0) is 11.3. The molecule has 2 N–H and O–H groups in total. The fourth-order valence-electron chi connectivity index (χ4n) is 1.02. The van der Waals surface area contributed by atoms with Gasteiger partial charge in [0.15, 0.2) is 0 Å². The van der Waals surface area contributed by atoms with E-state index >= 15 is 0 Å². The highest BCUT2D eigenvalue weighted by Gasteiger charge is 1.97. The van der Waals surface area contributed by atoms with Crippen LogP contribution in [0.5, 0.6) is 0 Å². The maximum Gasteiger partial charge on any atom is 0.293 e. The van der Waals surface area contributed by atoms with Gasteiger partial charge in [-0.1, -0.05) is 5.92 Å². The van der Waals surface area contributed by atoms with Gasteiger partial charge >= 0.3 is 0 Å². The van der Waals surface area contributed by atoms with Crippen molar-refractivity contribution in [3.05, 3.63) is 34.9 Å². The molecule has 0 bridgehead atoms. The lowest BCUT2D eigenvalue weighted by Gasteiger charge is -1.95. The van der Waals surface area contributed by atoms with E-state index in [9.17, 15) is 14.4 Å². The van der Waals surface area contributed by atoms with Crippen LogP contribution in [0.3, 0.4) is 0 Å². The van der Waals surface area contributed by atoms with Gasteiger partial charge in [-0.25, -0.2) is 0 Å². The van der Waals surface area contributed by atoms with E-state index in [0.29, 0.717) is 29.3 Å². The number of carbonyl (C=O) groups excluding carboxylic acids is 3. The third kappa shape index (κ3) is 3.08. The fraction of sp³-hybridized carbons (Fsp3) is 0. The normalized spacial score (nSPS) is 8.53. The van der Waals surface area contributed by atoms with Crippen molar-refractivity contribution >= 4 is 18.5 Å². The summed E-state index contributed by atoms with van der Waals surface area (Å²) in [6.45, 7) is 0. The van der Waals surface area contributed by atoms with Gasteiger partial charge in [-0.2, -0.15) is 0 Å². The topological polar surface area (TPSA) is 77.2 Å². The minimum Gasteiger partial charge on any atom is -0.359 e. The third-order valence-corrected chi connectivity index (χ3v) is 1.58. The van der Waals surface area contributed by atoms with Crippen LogP contribution in [0.1, 0.15) is 26.3 Å². The molecule has 0 fully saturated rings. The van der Waals surface area contributed by atoms with Gasteiger partial charge in [-0.15, -0.1) is 0 Å². The first-order valence-corrected chi connectivity index (χ1v) is 4.02. The van der Waals surface area contributed by atoms with Gasteiger partial charge in [-0.05, 0) is 24.1 Å². The molecule has 0 heterocycles. The molecule has 0 aliphatic carbocycles. The van der Waals surface area contributed by atoms with E-state index in [1.165, 1.54) is 18.2 Å². The first-order chi connectivity index (χ1) is 7.15. The lowest BCUT2D eigenvalue weighted by molar-refractivity contribution is -0.112. The molecule has 1 rings (SSSR count). The number of rotatable bonds is 2. The van der Waals surface area contributed by atoms with Crippen molar-refractivity contribution < 1.29 is 14.4 Å². The highest BCUT2D eigenvalue weighted by Crippen LogP contribution is 2.06. The van der Waals surface area contributed by atoms with Crippen LogP contribution >= 0.6 is 0 Å². The molecule has 1 amide bonds. The fourth-order valence-corrected chi connectivity index (χ4v) is 1.02. The van der Waals surface area contributed by atoms with Crippen molar-refractivity contribution in [3.8, 4) is 11.8 Å². The number of hydrogen-bond acceptors (Lipinski definition) is 3.